The number of rotatable bonds is 1. The summed E-state index contributed by atoms with van der Waals surface area (Å²) >= 11 is 0. The van der Waals surface area contributed by atoms with Crippen molar-refractivity contribution in [2.45, 2.75) is 18.9 Å². The Kier molecular flexibility index (Phi) is 2.50. The molecule has 1 heterocycles. The largest absolute Gasteiger partial charge is 0.480 e. The van der Waals surface area contributed by atoms with Gasteiger partial charge in [-0.15, -0.1) is 0 Å². The van der Waals surface area contributed by atoms with Crippen LogP contribution in [0.25, 0.3) is 0 Å². The minimum absolute atomic E-state index is 0.0699. The van der Waals surface area contributed by atoms with Gasteiger partial charge in [-0.1, -0.05) is 0 Å². The highest BCUT2D eigenvalue weighted by Crippen LogP contribution is 2.14. The molecule has 72 valence electrons. The zero-order valence-electron chi connectivity index (χ0n) is 6.77. The highest BCUT2D eigenvalue weighted by molar-refractivity contribution is 5.89. The fourth-order valence-electron chi connectivity index (χ4n) is 1.29. The van der Waals surface area contributed by atoms with Crippen molar-refractivity contribution in [3.05, 3.63) is 0 Å². The van der Waals surface area contributed by atoms with E-state index >= 15 is 0 Å². The molecule has 13 heavy (non-hydrogen) atoms. The number of carbonyl (C=O) groups is 3. The van der Waals surface area contributed by atoms with E-state index < -0.39 is 18.1 Å². The van der Waals surface area contributed by atoms with Crippen molar-refractivity contribution < 1.29 is 24.6 Å². The summed E-state index contributed by atoms with van der Waals surface area (Å²) < 4.78 is 0. The van der Waals surface area contributed by atoms with Gasteiger partial charge < -0.3 is 10.2 Å². The number of amides is 1. The number of aliphatic carboxylic acids is 1. The van der Waals surface area contributed by atoms with Gasteiger partial charge in [0.1, 0.15) is 6.04 Å². The van der Waals surface area contributed by atoms with Crippen LogP contribution in [0.5, 0.6) is 0 Å². The Morgan fingerprint density at radius 1 is 1.38 bits per heavy atom. The molecule has 0 aromatic carbocycles. The Bertz CT molecular complexity index is 262. The average Bonchev–Trinajstić information content (AvgIpc) is 2.03. The lowest BCUT2D eigenvalue weighted by atomic mass is 10.0. The summed E-state index contributed by atoms with van der Waals surface area (Å²) in [6.07, 6.45) is -1.15. The van der Waals surface area contributed by atoms with E-state index in [0.717, 1.165) is 0 Å². The molecular weight excluding hydrogens is 178 g/mol. The number of nitrogens with zero attached hydrogens (tertiary/aromatic N) is 1. The van der Waals surface area contributed by atoms with Gasteiger partial charge in [-0.2, -0.15) is 0 Å². The van der Waals surface area contributed by atoms with E-state index in [0.29, 0.717) is 4.90 Å². The van der Waals surface area contributed by atoms with Gasteiger partial charge in [0, 0.05) is 6.42 Å². The molecule has 0 bridgehead atoms. The molecule has 0 aliphatic carbocycles. The molecule has 1 atom stereocenters. The Balaban J connectivity index is 2.77. The van der Waals surface area contributed by atoms with Gasteiger partial charge in [-0.25, -0.2) is 9.59 Å². The van der Waals surface area contributed by atoms with Crippen molar-refractivity contribution in [1.29, 1.82) is 0 Å². The fourth-order valence-corrected chi connectivity index (χ4v) is 1.29. The number of Topliss-reactive ketones (excluding diaryl/α,β-unsaturated/α-hetero) is 1. The standard InChI is InChI=1S/C7H9NO5/c9-4-1-2-5(6(10)11)8(3-4)7(12)13/h5H,1-3H2,(H,10,11)(H,12,13)/t5-/m1/s1. The Morgan fingerprint density at radius 2 is 2.00 bits per heavy atom. The highest BCUT2D eigenvalue weighted by atomic mass is 16.4. The van der Waals surface area contributed by atoms with E-state index in [4.69, 9.17) is 10.2 Å². The second-order valence-corrected chi connectivity index (χ2v) is 2.84. The van der Waals surface area contributed by atoms with Gasteiger partial charge in [-0.05, 0) is 6.42 Å². The highest BCUT2D eigenvalue weighted by Gasteiger charge is 2.34. The quantitative estimate of drug-likeness (QED) is 0.591. The summed E-state index contributed by atoms with van der Waals surface area (Å²) in [7, 11) is 0. The molecule has 0 spiro atoms. The van der Waals surface area contributed by atoms with Crippen molar-refractivity contribution in [1.82, 2.24) is 4.90 Å². The van der Waals surface area contributed by atoms with Crippen LogP contribution in [0.2, 0.25) is 0 Å². The smallest absolute Gasteiger partial charge is 0.408 e. The van der Waals surface area contributed by atoms with Crippen LogP contribution < -0.4 is 0 Å². The van der Waals surface area contributed by atoms with E-state index in [1.54, 1.807) is 0 Å². The lowest BCUT2D eigenvalue weighted by Crippen LogP contribution is -2.50. The molecule has 0 unspecified atom stereocenters. The molecule has 0 aromatic heterocycles. The van der Waals surface area contributed by atoms with Crippen LogP contribution in [0.4, 0.5) is 4.79 Å². The molecule has 6 nitrogen and oxygen atoms in total. The number of piperidine rings is 1. The van der Waals surface area contributed by atoms with Crippen molar-refractivity contribution >= 4 is 17.8 Å². The molecular formula is C7H9NO5. The first kappa shape index (κ1) is 9.50. The molecule has 1 rings (SSSR count). The Morgan fingerprint density at radius 3 is 2.46 bits per heavy atom. The second-order valence-electron chi connectivity index (χ2n) is 2.84. The Hall–Kier alpha value is -1.59. The third-order valence-electron chi connectivity index (χ3n) is 1.95. The van der Waals surface area contributed by atoms with Gasteiger partial charge in [0.15, 0.2) is 5.78 Å². The van der Waals surface area contributed by atoms with E-state index in [1.165, 1.54) is 0 Å². The molecule has 0 radical (unpaired) electrons. The summed E-state index contributed by atoms with van der Waals surface area (Å²) in [5, 5.41) is 17.2. The minimum Gasteiger partial charge on any atom is -0.480 e. The summed E-state index contributed by atoms with van der Waals surface area (Å²) in [6, 6.07) is -1.07. The van der Waals surface area contributed by atoms with Crippen molar-refractivity contribution in [3.8, 4) is 0 Å². The zero-order chi connectivity index (χ0) is 10.0. The molecule has 1 aliphatic rings. The zero-order valence-corrected chi connectivity index (χ0v) is 6.77. The predicted octanol–water partition coefficient (Wildman–Crippen LogP) is -0.218. The number of likely N-dealkylation sites (tertiary alicyclic amines) is 1. The monoisotopic (exact) mass is 187 g/mol. The summed E-state index contributed by atoms with van der Waals surface area (Å²) in [5.74, 6) is -1.44. The lowest BCUT2D eigenvalue weighted by molar-refractivity contribution is -0.145. The minimum atomic E-state index is -1.36. The van der Waals surface area contributed by atoms with Crippen molar-refractivity contribution in [3.63, 3.8) is 0 Å². The third kappa shape index (κ3) is 1.95. The van der Waals surface area contributed by atoms with Crippen molar-refractivity contribution in [2.24, 2.45) is 0 Å². The number of carbonyl (C=O) groups excluding carboxylic acids is 1. The SMILES string of the molecule is O=C1CC[C@H](C(=O)O)N(C(=O)O)C1. The molecule has 1 saturated heterocycles. The molecule has 1 aliphatic heterocycles. The number of carboxylic acids is 1. The molecule has 0 aromatic rings. The van der Waals surface area contributed by atoms with Crippen LogP contribution in [-0.2, 0) is 9.59 Å². The maximum atomic E-state index is 10.8. The van der Waals surface area contributed by atoms with E-state index in [-0.39, 0.29) is 25.2 Å². The number of ketones is 1. The first-order valence-electron chi connectivity index (χ1n) is 3.76. The van der Waals surface area contributed by atoms with Crippen LogP contribution in [0.3, 0.4) is 0 Å². The normalized spacial score (nSPS) is 22.9. The van der Waals surface area contributed by atoms with Crippen LogP contribution in [0.15, 0.2) is 0 Å². The number of hydrogen-bond donors (Lipinski definition) is 2. The second kappa shape index (κ2) is 3.42. The third-order valence-corrected chi connectivity index (χ3v) is 1.95. The first-order valence-corrected chi connectivity index (χ1v) is 3.76. The van der Waals surface area contributed by atoms with Crippen molar-refractivity contribution in [2.75, 3.05) is 6.54 Å². The topological polar surface area (TPSA) is 94.9 Å². The lowest BCUT2D eigenvalue weighted by Gasteiger charge is -2.29. The molecule has 0 saturated carbocycles. The van der Waals surface area contributed by atoms with Gasteiger partial charge in [0.25, 0.3) is 0 Å². The van der Waals surface area contributed by atoms with Gasteiger partial charge in [-0.3, -0.25) is 9.69 Å². The van der Waals surface area contributed by atoms with Crippen LogP contribution in [0, 0.1) is 0 Å². The number of carboxylic acid groups (broad SMARTS) is 2. The molecule has 2 N–H and O–H groups in total. The molecule has 6 heteroatoms. The van der Waals surface area contributed by atoms with Gasteiger partial charge in [0.05, 0.1) is 6.54 Å². The maximum Gasteiger partial charge on any atom is 0.408 e. The average molecular weight is 187 g/mol. The van der Waals surface area contributed by atoms with Crippen LogP contribution in [0.1, 0.15) is 12.8 Å². The van der Waals surface area contributed by atoms with Gasteiger partial charge >= 0.3 is 12.1 Å². The summed E-state index contributed by atoms with van der Waals surface area (Å²) in [4.78, 5) is 32.6. The predicted molar refractivity (Wildman–Crippen MR) is 40.4 cm³/mol. The van der Waals surface area contributed by atoms with Gasteiger partial charge in [0.2, 0.25) is 0 Å². The summed E-state index contributed by atoms with van der Waals surface area (Å²) in [5.41, 5.74) is 0. The first-order chi connectivity index (χ1) is 6.02. The maximum absolute atomic E-state index is 10.8. The van der Waals surface area contributed by atoms with Crippen LogP contribution >= 0.6 is 0 Å². The van der Waals surface area contributed by atoms with Crippen LogP contribution in [-0.4, -0.2) is 45.5 Å². The van der Waals surface area contributed by atoms with E-state index in [1.807, 2.05) is 0 Å². The van der Waals surface area contributed by atoms with E-state index in [2.05, 4.69) is 0 Å². The molecule has 1 amide bonds. The number of hydrogen-bond acceptors (Lipinski definition) is 3. The van der Waals surface area contributed by atoms with E-state index in [9.17, 15) is 14.4 Å². The summed E-state index contributed by atoms with van der Waals surface area (Å²) in [6.45, 7) is -0.313. The fraction of sp³-hybridized carbons (Fsp3) is 0.571. The molecule has 1 fully saturated rings. The Labute approximate surface area is 73.8 Å².